The monoisotopic (exact) mass is 382 g/mol. The molecule has 4 rings (SSSR count). The molecule has 2 aliphatic carbocycles. The average Bonchev–Trinajstić information content (AvgIpc) is 3.49. The van der Waals surface area contributed by atoms with E-state index >= 15 is 0 Å². The van der Waals surface area contributed by atoms with Crippen LogP contribution in [0.4, 0.5) is 0 Å². The molecule has 0 spiro atoms. The predicted molar refractivity (Wildman–Crippen MR) is 98.0 cm³/mol. The number of aliphatic hydroxyl groups is 2. The summed E-state index contributed by atoms with van der Waals surface area (Å²) in [6.07, 6.45) is 4.13. The number of fused-ring (bicyclic) bond motifs is 3. The average molecular weight is 382 g/mol. The van der Waals surface area contributed by atoms with Crippen molar-refractivity contribution in [2.75, 3.05) is 20.3 Å². The molecule has 154 valence electrons. The lowest BCUT2D eigenvalue weighted by Gasteiger charge is -2.65. The Labute approximate surface area is 161 Å². The summed E-state index contributed by atoms with van der Waals surface area (Å²) in [5.41, 5.74) is -1.93. The Hall–Kier alpha value is -0.690. The van der Waals surface area contributed by atoms with Gasteiger partial charge in [-0.05, 0) is 69.6 Å². The Morgan fingerprint density at radius 3 is 2.37 bits per heavy atom. The van der Waals surface area contributed by atoms with Crippen LogP contribution in [-0.4, -0.2) is 59.9 Å². The van der Waals surface area contributed by atoms with Crippen LogP contribution in [0.3, 0.4) is 0 Å². The van der Waals surface area contributed by atoms with Crippen LogP contribution < -0.4 is 0 Å². The van der Waals surface area contributed by atoms with E-state index in [1.807, 2.05) is 6.92 Å². The summed E-state index contributed by atoms with van der Waals surface area (Å²) in [5.74, 6) is 0.0303. The smallest absolute Gasteiger partial charge is 0.314 e. The van der Waals surface area contributed by atoms with Crippen LogP contribution in [-0.2, 0) is 19.0 Å². The van der Waals surface area contributed by atoms with Gasteiger partial charge >= 0.3 is 5.97 Å². The van der Waals surface area contributed by atoms with Gasteiger partial charge in [-0.2, -0.15) is 0 Å². The molecule has 2 heterocycles. The molecule has 6 heteroatoms. The number of carbonyl (C=O) groups is 1. The van der Waals surface area contributed by atoms with Gasteiger partial charge in [-0.3, -0.25) is 4.79 Å². The lowest BCUT2D eigenvalue weighted by Crippen LogP contribution is -2.67. The number of aliphatic hydroxyl groups excluding tert-OH is 2. The van der Waals surface area contributed by atoms with Gasteiger partial charge in [0.2, 0.25) is 0 Å². The third-order valence-corrected chi connectivity index (χ3v) is 8.74. The second-order valence-electron chi connectivity index (χ2n) is 9.98. The molecule has 0 amide bonds. The molecule has 6 nitrogen and oxygen atoms in total. The normalized spacial score (nSPS) is 54.6. The van der Waals surface area contributed by atoms with Crippen molar-refractivity contribution in [1.82, 2.24) is 0 Å². The molecule has 0 unspecified atom stereocenters. The number of esters is 1. The third kappa shape index (κ3) is 2.56. The third-order valence-electron chi connectivity index (χ3n) is 8.74. The van der Waals surface area contributed by atoms with Crippen LogP contribution >= 0.6 is 0 Å². The second-order valence-corrected chi connectivity index (χ2v) is 9.98. The molecule has 0 aromatic rings. The Morgan fingerprint density at radius 1 is 1.11 bits per heavy atom. The van der Waals surface area contributed by atoms with E-state index in [0.29, 0.717) is 13.0 Å². The van der Waals surface area contributed by atoms with E-state index in [9.17, 15) is 15.0 Å². The molecule has 2 saturated carbocycles. The van der Waals surface area contributed by atoms with E-state index in [1.165, 1.54) is 7.11 Å². The van der Waals surface area contributed by atoms with E-state index in [0.717, 1.165) is 32.1 Å². The zero-order chi connectivity index (χ0) is 19.7. The molecule has 2 N–H and O–H groups in total. The van der Waals surface area contributed by atoms with Gasteiger partial charge in [0.15, 0.2) is 0 Å². The molecular formula is C21H34O6. The number of carbonyl (C=O) groups excluding carboxylic acids is 1. The fourth-order valence-electron chi connectivity index (χ4n) is 7.14. The van der Waals surface area contributed by atoms with Crippen LogP contribution in [0.25, 0.3) is 0 Å². The number of epoxide rings is 1. The Balaban J connectivity index is 1.68. The fourth-order valence-corrected chi connectivity index (χ4v) is 7.14. The quantitative estimate of drug-likeness (QED) is 0.574. The van der Waals surface area contributed by atoms with Crippen molar-refractivity contribution >= 4 is 5.97 Å². The van der Waals surface area contributed by atoms with Crippen LogP contribution in [0, 0.1) is 22.7 Å². The molecule has 2 saturated heterocycles. The van der Waals surface area contributed by atoms with Gasteiger partial charge in [0, 0.05) is 0 Å². The van der Waals surface area contributed by atoms with Gasteiger partial charge in [-0.25, -0.2) is 0 Å². The SMILES string of the molecule is COC(=O)[C@@]1(C)[C@H](O)CC[C@]2(C)[C@H]1CC[C@]1(C)O[C@@](CO)([C@H]3CO3)CC[C@H]21. The Morgan fingerprint density at radius 2 is 1.78 bits per heavy atom. The van der Waals surface area contributed by atoms with Crippen molar-refractivity contribution in [3.63, 3.8) is 0 Å². The van der Waals surface area contributed by atoms with Crippen LogP contribution in [0.5, 0.6) is 0 Å². The summed E-state index contributed by atoms with van der Waals surface area (Å²) < 4.78 is 17.3. The van der Waals surface area contributed by atoms with Gasteiger partial charge in [0.1, 0.15) is 11.7 Å². The van der Waals surface area contributed by atoms with E-state index in [1.54, 1.807) is 0 Å². The first kappa shape index (κ1) is 19.6. The van der Waals surface area contributed by atoms with Gasteiger partial charge in [-0.15, -0.1) is 0 Å². The molecule has 4 aliphatic rings. The molecular weight excluding hydrogens is 348 g/mol. The van der Waals surface area contributed by atoms with Gasteiger partial charge < -0.3 is 24.4 Å². The Kier molecular flexibility index (Phi) is 4.47. The van der Waals surface area contributed by atoms with Gasteiger partial charge in [0.25, 0.3) is 0 Å². The highest BCUT2D eigenvalue weighted by Gasteiger charge is 2.68. The first-order valence-electron chi connectivity index (χ1n) is 10.4. The number of hydrogen-bond acceptors (Lipinski definition) is 6. The minimum Gasteiger partial charge on any atom is -0.469 e. The number of ether oxygens (including phenoxy) is 3. The molecule has 0 radical (unpaired) electrons. The first-order chi connectivity index (χ1) is 12.7. The highest BCUT2D eigenvalue weighted by atomic mass is 16.6. The number of methoxy groups -OCH3 is 1. The largest absolute Gasteiger partial charge is 0.469 e. The van der Waals surface area contributed by atoms with E-state index < -0.39 is 17.1 Å². The zero-order valence-corrected chi connectivity index (χ0v) is 17.0. The second kappa shape index (κ2) is 6.15. The van der Waals surface area contributed by atoms with E-state index in [-0.39, 0.29) is 41.5 Å². The summed E-state index contributed by atoms with van der Waals surface area (Å²) in [7, 11) is 1.41. The predicted octanol–water partition coefficient (Wildman–Crippen LogP) is 2.05. The summed E-state index contributed by atoms with van der Waals surface area (Å²) in [5, 5.41) is 20.8. The molecule has 4 fully saturated rings. The molecule has 0 aromatic heterocycles. The van der Waals surface area contributed by atoms with Crippen LogP contribution in [0.2, 0.25) is 0 Å². The highest BCUT2D eigenvalue weighted by molar-refractivity contribution is 5.78. The first-order valence-corrected chi connectivity index (χ1v) is 10.4. The maximum Gasteiger partial charge on any atom is 0.314 e. The van der Waals surface area contributed by atoms with Crippen molar-refractivity contribution in [3.8, 4) is 0 Å². The Bertz CT molecular complexity index is 620. The number of hydrogen-bond donors (Lipinski definition) is 2. The summed E-state index contributed by atoms with van der Waals surface area (Å²) >= 11 is 0. The van der Waals surface area contributed by atoms with E-state index in [2.05, 4.69) is 13.8 Å². The van der Waals surface area contributed by atoms with Crippen molar-refractivity contribution in [3.05, 3.63) is 0 Å². The topological polar surface area (TPSA) is 88.5 Å². The molecule has 0 bridgehead atoms. The standard InChI is InChI=1S/C21H34O6/c1-18-8-7-15(23)20(3,17(24)25-4)14(18)5-9-19(2)13(18)6-10-21(12-22,27-19)16-11-26-16/h13-16,22-23H,5-12H2,1-4H3/t13-,14-,15-,16-,18+,19+,20-,21+/m1/s1. The minimum atomic E-state index is -0.881. The summed E-state index contributed by atoms with van der Waals surface area (Å²) in [6.45, 7) is 6.97. The molecule has 27 heavy (non-hydrogen) atoms. The maximum atomic E-state index is 12.7. The lowest BCUT2D eigenvalue weighted by molar-refractivity contribution is -0.288. The van der Waals surface area contributed by atoms with Crippen molar-refractivity contribution < 1.29 is 29.2 Å². The van der Waals surface area contributed by atoms with Crippen LogP contribution in [0.15, 0.2) is 0 Å². The van der Waals surface area contributed by atoms with Crippen molar-refractivity contribution in [1.29, 1.82) is 0 Å². The molecule has 2 aliphatic heterocycles. The van der Waals surface area contributed by atoms with Crippen molar-refractivity contribution in [2.45, 2.75) is 82.7 Å². The van der Waals surface area contributed by atoms with Gasteiger partial charge in [-0.1, -0.05) is 6.92 Å². The van der Waals surface area contributed by atoms with Crippen molar-refractivity contribution in [2.24, 2.45) is 22.7 Å². The minimum absolute atomic E-state index is 0.000632. The highest BCUT2D eigenvalue weighted by Crippen LogP contribution is 2.66. The molecule has 0 aromatic carbocycles. The van der Waals surface area contributed by atoms with E-state index in [4.69, 9.17) is 14.2 Å². The lowest BCUT2D eigenvalue weighted by atomic mass is 9.43. The molecule has 8 atom stereocenters. The summed E-state index contributed by atoms with van der Waals surface area (Å²) in [4.78, 5) is 12.7. The van der Waals surface area contributed by atoms with Crippen LogP contribution in [0.1, 0.15) is 59.3 Å². The fraction of sp³-hybridized carbons (Fsp3) is 0.952. The zero-order valence-electron chi connectivity index (χ0n) is 17.0. The van der Waals surface area contributed by atoms with Gasteiger partial charge in [0.05, 0.1) is 37.4 Å². The maximum absolute atomic E-state index is 12.7. The summed E-state index contributed by atoms with van der Waals surface area (Å²) in [6, 6.07) is 0. The number of rotatable bonds is 3.